The zero-order chi connectivity index (χ0) is 11.1. The van der Waals surface area contributed by atoms with Crippen LogP contribution in [0.15, 0.2) is 23.1 Å². The first-order valence-electron chi connectivity index (χ1n) is 4.99. The van der Waals surface area contributed by atoms with E-state index >= 15 is 0 Å². The highest BCUT2D eigenvalue weighted by molar-refractivity contribution is 7.98. The Morgan fingerprint density at radius 3 is 2.53 bits per heavy atom. The largest absolute Gasteiger partial charge is 0.481 e. The molecular weight excluding hydrogens is 208 g/mol. The van der Waals surface area contributed by atoms with Gasteiger partial charge in [-0.05, 0) is 49.3 Å². The Morgan fingerprint density at radius 2 is 2.13 bits per heavy atom. The third-order valence-electron chi connectivity index (χ3n) is 3.11. The Balaban J connectivity index is 2.42. The molecule has 0 bridgehead atoms. The van der Waals surface area contributed by atoms with E-state index in [2.05, 4.69) is 6.07 Å². The molecule has 0 radical (unpaired) electrons. The standard InChI is InChI=1S/C12H14O2S/c1-8-7-9(15-2)3-4-10(8)12(5-6-12)11(13)14/h3-4,7H,5-6H2,1-2H3,(H,13,14). The smallest absolute Gasteiger partial charge is 0.314 e. The molecule has 0 atom stereocenters. The fourth-order valence-corrected chi connectivity index (χ4v) is 2.52. The van der Waals surface area contributed by atoms with E-state index in [9.17, 15) is 9.90 Å². The van der Waals surface area contributed by atoms with Gasteiger partial charge in [0.2, 0.25) is 0 Å². The molecule has 0 spiro atoms. The van der Waals surface area contributed by atoms with Crippen LogP contribution >= 0.6 is 11.8 Å². The van der Waals surface area contributed by atoms with Gasteiger partial charge < -0.3 is 5.11 Å². The van der Waals surface area contributed by atoms with Crippen molar-refractivity contribution >= 4 is 17.7 Å². The minimum absolute atomic E-state index is 0.568. The fourth-order valence-electron chi connectivity index (χ4n) is 2.02. The zero-order valence-electron chi connectivity index (χ0n) is 8.91. The summed E-state index contributed by atoms with van der Waals surface area (Å²) in [6, 6.07) is 6.06. The van der Waals surface area contributed by atoms with E-state index in [1.54, 1.807) is 11.8 Å². The van der Waals surface area contributed by atoms with Crippen LogP contribution in [0, 0.1) is 6.92 Å². The van der Waals surface area contributed by atoms with Crippen molar-refractivity contribution in [2.75, 3.05) is 6.26 Å². The zero-order valence-corrected chi connectivity index (χ0v) is 9.73. The van der Waals surface area contributed by atoms with Gasteiger partial charge in [-0.3, -0.25) is 4.79 Å². The summed E-state index contributed by atoms with van der Waals surface area (Å²) in [7, 11) is 0. The lowest BCUT2D eigenvalue weighted by molar-refractivity contribution is -0.140. The number of thioether (sulfide) groups is 1. The van der Waals surface area contributed by atoms with Crippen molar-refractivity contribution in [3.05, 3.63) is 29.3 Å². The molecule has 1 aromatic carbocycles. The van der Waals surface area contributed by atoms with Crippen LogP contribution < -0.4 is 0 Å². The summed E-state index contributed by atoms with van der Waals surface area (Å²) >= 11 is 1.68. The van der Waals surface area contributed by atoms with Gasteiger partial charge in [-0.2, -0.15) is 0 Å². The number of benzene rings is 1. The maximum atomic E-state index is 11.2. The van der Waals surface area contributed by atoms with Crippen LogP contribution in [-0.2, 0) is 10.2 Å². The van der Waals surface area contributed by atoms with Crippen LogP contribution in [0.5, 0.6) is 0 Å². The summed E-state index contributed by atoms with van der Waals surface area (Å²) in [5.74, 6) is -0.678. The second-order valence-corrected chi connectivity index (χ2v) is 4.95. The molecule has 1 aliphatic rings. The van der Waals surface area contributed by atoms with Crippen molar-refractivity contribution in [3.63, 3.8) is 0 Å². The molecule has 80 valence electrons. The van der Waals surface area contributed by atoms with Crippen LogP contribution in [0.1, 0.15) is 24.0 Å². The van der Waals surface area contributed by atoms with Gasteiger partial charge in [-0.15, -0.1) is 11.8 Å². The number of aliphatic carboxylic acids is 1. The summed E-state index contributed by atoms with van der Waals surface area (Å²) in [6.07, 6.45) is 3.59. The van der Waals surface area contributed by atoms with Crippen molar-refractivity contribution in [2.24, 2.45) is 0 Å². The molecule has 2 rings (SSSR count). The average molecular weight is 222 g/mol. The topological polar surface area (TPSA) is 37.3 Å². The first-order chi connectivity index (χ1) is 7.10. The lowest BCUT2D eigenvalue weighted by atomic mass is 9.92. The summed E-state index contributed by atoms with van der Waals surface area (Å²) in [6.45, 7) is 2.00. The van der Waals surface area contributed by atoms with E-state index in [0.717, 1.165) is 24.0 Å². The molecule has 15 heavy (non-hydrogen) atoms. The second-order valence-electron chi connectivity index (χ2n) is 4.07. The molecule has 1 aromatic rings. The summed E-state index contributed by atoms with van der Waals surface area (Å²) in [5, 5.41) is 9.20. The predicted octanol–water partition coefficient (Wildman–Crippen LogP) is 2.83. The lowest BCUT2D eigenvalue weighted by Crippen LogP contribution is -2.20. The Bertz CT molecular complexity index is 408. The summed E-state index contributed by atoms with van der Waals surface area (Å²) in [5.41, 5.74) is 1.52. The number of carboxylic acids is 1. The Labute approximate surface area is 93.7 Å². The summed E-state index contributed by atoms with van der Waals surface area (Å²) < 4.78 is 0. The monoisotopic (exact) mass is 222 g/mol. The number of carboxylic acid groups (broad SMARTS) is 1. The van der Waals surface area contributed by atoms with Gasteiger partial charge in [-0.1, -0.05) is 6.07 Å². The average Bonchev–Trinajstić information content (AvgIpc) is 2.98. The van der Waals surface area contributed by atoms with Crippen molar-refractivity contribution in [2.45, 2.75) is 30.1 Å². The van der Waals surface area contributed by atoms with Crippen LogP contribution in [-0.4, -0.2) is 17.3 Å². The van der Waals surface area contributed by atoms with E-state index in [4.69, 9.17) is 0 Å². The van der Waals surface area contributed by atoms with Crippen LogP contribution in [0.3, 0.4) is 0 Å². The molecule has 0 saturated heterocycles. The molecule has 2 nitrogen and oxygen atoms in total. The quantitative estimate of drug-likeness (QED) is 0.799. The molecule has 0 aliphatic heterocycles. The van der Waals surface area contributed by atoms with Gasteiger partial charge in [0.1, 0.15) is 0 Å². The van der Waals surface area contributed by atoms with E-state index in [-0.39, 0.29) is 0 Å². The Kier molecular flexibility index (Phi) is 2.51. The Morgan fingerprint density at radius 1 is 1.47 bits per heavy atom. The number of rotatable bonds is 3. The fraction of sp³-hybridized carbons (Fsp3) is 0.417. The van der Waals surface area contributed by atoms with Crippen molar-refractivity contribution in [1.82, 2.24) is 0 Å². The number of hydrogen-bond acceptors (Lipinski definition) is 2. The molecule has 1 N–H and O–H groups in total. The van der Waals surface area contributed by atoms with E-state index in [0.29, 0.717) is 0 Å². The molecule has 3 heteroatoms. The normalized spacial score (nSPS) is 17.5. The van der Waals surface area contributed by atoms with Crippen LogP contribution in [0.4, 0.5) is 0 Å². The molecule has 1 aliphatic carbocycles. The second kappa shape index (κ2) is 3.56. The molecule has 1 fully saturated rings. The van der Waals surface area contributed by atoms with E-state index in [1.807, 2.05) is 25.3 Å². The third-order valence-corrected chi connectivity index (χ3v) is 3.83. The third kappa shape index (κ3) is 1.65. The van der Waals surface area contributed by atoms with Gasteiger partial charge in [0.25, 0.3) is 0 Å². The van der Waals surface area contributed by atoms with Crippen molar-refractivity contribution < 1.29 is 9.90 Å². The maximum Gasteiger partial charge on any atom is 0.314 e. The van der Waals surface area contributed by atoms with Gasteiger partial charge in [-0.25, -0.2) is 0 Å². The van der Waals surface area contributed by atoms with Crippen molar-refractivity contribution in [1.29, 1.82) is 0 Å². The van der Waals surface area contributed by atoms with Gasteiger partial charge in [0, 0.05) is 4.90 Å². The van der Waals surface area contributed by atoms with Crippen LogP contribution in [0.25, 0.3) is 0 Å². The van der Waals surface area contributed by atoms with Crippen molar-refractivity contribution in [3.8, 4) is 0 Å². The highest BCUT2D eigenvalue weighted by atomic mass is 32.2. The SMILES string of the molecule is CSc1ccc(C2(C(=O)O)CC2)c(C)c1. The predicted molar refractivity (Wildman–Crippen MR) is 61.5 cm³/mol. The lowest BCUT2D eigenvalue weighted by Gasteiger charge is -2.14. The van der Waals surface area contributed by atoms with E-state index in [1.165, 1.54) is 4.90 Å². The van der Waals surface area contributed by atoms with Gasteiger partial charge in [0.05, 0.1) is 5.41 Å². The molecule has 0 aromatic heterocycles. The maximum absolute atomic E-state index is 11.2. The summed E-state index contributed by atoms with van der Waals surface area (Å²) in [4.78, 5) is 12.4. The number of carbonyl (C=O) groups is 1. The first-order valence-corrected chi connectivity index (χ1v) is 6.21. The van der Waals surface area contributed by atoms with Gasteiger partial charge >= 0.3 is 5.97 Å². The van der Waals surface area contributed by atoms with Crippen LogP contribution in [0.2, 0.25) is 0 Å². The molecule has 0 heterocycles. The minimum atomic E-state index is -0.678. The molecule has 0 unspecified atom stereocenters. The van der Waals surface area contributed by atoms with E-state index < -0.39 is 11.4 Å². The Hall–Kier alpha value is -0.960. The minimum Gasteiger partial charge on any atom is -0.481 e. The number of hydrogen-bond donors (Lipinski definition) is 1. The highest BCUT2D eigenvalue weighted by Gasteiger charge is 2.52. The molecule has 0 amide bonds. The highest BCUT2D eigenvalue weighted by Crippen LogP contribution is 2.49. The molecule has 1 saturated carbocycles. The number of aryl methyl sites for hydroxylation is 1. The first kappa shape index (κ1) is 10.6. The molecular formula is C12H14O2S. The van der Waals surface area contributed by atoms with Gasteiger partial charge in [0.15, 0.2) is 0 Å².